The van der Waals surface area contributed by atoms with Crippen LogP contribution in [0.2, 0.25) is 0 Å². The van der Waals surface area contributed by atoms with E-state index in [1.807, 2.05) is 11.9 Å². The van der Waals surface area contributed by atoms with Gasteiger partial charge in [0, 0.05) is 19.5 Å². The van der Waals surface area contributed by atoms with Crippen molar-refractivity contribution in [3.8, 4) is 0 Å². The van der Waals surface area contributed by atoms with E-state index in [9.17, 15) is 4.79 Å². The maximum Gasteiger partial charge on any atom is 0.222 e. The Bertz CT molecular complexity index is 279. The molecule has 2 N–H and O–H groups in total. The number of nitrogens with two attached hydrogens (primary N) is 1. The molecule has 1 amide bonds. The Morgan fingerprint density at radius 3 is 2.71 bits per heavy atom. The maximum atomic E-state index is 12.2. The van der Waals surface area contributed by atoms with Gasteiger partial charge in [-0.3, -0.25) is 4.79 Å². The van der Waals surface area contributed by atoms with Crippen LogP contribution in [0.1, 0.15) is 45.4 Å². The minimum atomic E-state index is 0.283. The van der Waals surface area contributed by atoms with Gasteiger partial charge in [0.15, 0.2) is 0 Å². The number of fused-ring (bicyclic) bond motifs is 2. The molecule has 0 aromatic heterocycles. The van der Waals surface area contributed by atoms with Gasteiger partial charge in [-0.15, -0.1) is 0 Å². The first kappa shape index (κ1) is 12.9. The van der Waals surface area contributed by atoms with Gasteiger partial charge in [-0.1, -0.05) is 6.42 Å². The third-order valence-electron chi connectivity index (χ3n) is 4.96. The van der Waals surface area contributed by atoms with Gasteiger partial charge < -0.3 is 10.6 Å². The lowest BCUT2D eigenvalue weighted by Crippen LogP contribution is -2.37. The van der Waals surface area contributed by atoms with Crippen LogP contribution >= 0.6 is 0 Å². The summed E-state index contributed by atoms with van der Waals surface area (Å²) in [5.74, 6) is 2.78. The van der Waals surface area contributed by atoms with Gasteiger partial charge in [-0.05, 0) is 56.9 Å². The fourth-order valence-corrected chi connectivity index (χ4v) is 3.68. The second kappa shape index (κ2) is 5.38. The minimum absolute atomic E-state index is 0.283. The Morgan fingerprint density at radius 2 is 2.18 bits per heavy atom. The minimum Gasteiger partial charge on any atom is -0.343 e. The molecule has 0 saturated heterocycles. The SMILES string of the molecule is CC(CCN)N(C)C(=O)CC1CC2CCC1C2. The number of nitrogens with zero attached hydrogens (tertiary/aromatic N) is 1. The second-order valence-electron chi connectivity index (χ2n) is 6.07. The number of rotatable bonds is 5. The number of carbonyl (C=O) groups is 1. The molecule has 0 spiro atoms. The Labute approximate surface area is 105 Å². The van der Waals surface area contributed by atoms with Crippen LogP contribution in [0, 0.1) is 17.8 Å². The summed E-state index contributed by atoms with van der Waals surface area (Å²) in [6, 6.07) is 0.283. The molecule has 4 unspecified atom stereocenters. The van der Waals surface area contributed by atoms with Gasteiger partial charge in [0.2, 0.25) is 5.91 Å². The molecule has 0 radical (unpaired) electrons. The van der Waals surface area contributed by atoms with Gasteiger partial charge in [-0.25, -0.2) is 0 Å². The first-order valence-electron chi connectivity index (χ1n) is 7.07. The zero-order chi connectivity index (χ0) is 12.4. The van der Waals surface area contributed by atoms with Crippen LogP contribution in [0.25, 0.3) is 0 Å². The highest BCUT2D eigenvalue weighted by molar-refractivity contribution is 5.76. The summed E-state index contributed by atoms with van der Waals surface area (Å²) in [5.41, 5.74) is 5.54. The summed E-state index contributed by atoms with van der Waals surface area (Å²) < 4.78 is 0. The molecule has 2 saturated carbocycles. The third-order valence-corrected chi connectivity index (χ3v) is 4.96. The van der Waals surface area contributed by atoms with Crippen LogP contribution in [0.3, 0.4) is 0 Å². The van der Waals surface area contributed by atoms with E-state index in [1.54, 1.807) is 0 Å². The van der Waals surface area contributed by atoms with Gasteiger partial charge >= 0.3 is 0 Å². The molecule has 3 heteroatoms. The summed E-state index contributed by atoms with van der Waals surface area (Å²) in [6.07, 6.45) is 7.14. The van der Waals surface area contributed by atoms with Crippen LogP contribution in [-0.4, -0.2) is 30.4 Å². The number of hydrogen-bond donors (Lipinski definition) is 1. The second-order valence-corrected chi connectivity index (χ2v) is 6.07. The van der Waals surface area contributed by atoms with Crippen molar-refractivity contribution in [2.75, 3.05) is 13.6 Å². The molecule has 4 atom stereocenters. The Hall–Kier alpha value is -0.570. The van der Waals surface area contributed by atoms with E-state index in [0.29, 0.717) is 18.4 Å². The molecular formula is C14H26N2O. The van der Waals surface area contributed by atoms with Crippen LogP contribution in [0.4, 0.5) is 0 Å². The first-order chi connectivity index (χ1) is 8.11. The summed E-state index contributed by atoms with van der Waals surface area (Å²) >= 11 is 0. The average Bonchev–Trinajstić information content (AvgIpc) is 2.90. The van der Waals surface area contributed by atoms with E-state index in [4.69, 9.17) is 5.73 Å². The van der Waals surface area contributed by atoms with Crippen molar-refractivity contribution in [3.05, 3.63) is 0 Å². The molecule has 2 aliphatic rings. The van der Waals surface area contributed by atoms with Gasteiger partial charge in [0.05, 0.1) is 0 Å². The number of carbonyl (C=O) groups excluding carboxylic acids is 1. The smallest absolute Gasteiger partial charge is 0.222 e. The quantitative estimate of drug-likeness (QED) is 0.796. The Balaban J connectivity index is 1.80. The van der Waals surface area contributed by atoms with E-state index >= 15 is 0 Å². The fraction of sp³-hybridized carbons (Fsp3) is 0.929. The molecule has 0 aromatic rings. The van der Waals surface area contributed by atoms with Crippen molar-refractivity contribution >= 4 is 5.91 Å². The lowest BCUT2D eigenvalue weighted by Gasteiger charge is -2.28. The van der Waals surface area contributed by atoms with E-state index < -0.39 is 0 Å². The third kappa shape index (κ3) is 2.82. The van der Waals surface area contributed by atoms with Crippen molar-refractivity contribution in [1.29, 1.82) is 0 Å². The van der Waals surface area contributed by atoms with Crippen LogP contribution in [0.5, 0.6) is 0 Å². The van der Waals surface area contributed by atoms with Crippen molar-refractivity contribution in [2.24, 2.45) is 23.5 Å². The van der Waals surface area contributed by atoms with Crippen LogP contribution in [-0.2, 0) is 4.79 Å². The first-order valence-corrected chi connectivity index (χ1v) is 7.07. The van der Waals surface area contributed by atoms with Gasteiger partial charge in [-0.2, -0.15) is 0 Å². The molecule has 2 rings (SSSR count). The lowest BCUT2D eigenvalue weighted by atomic mass is 9.86. The summed E-state index contributed by atoms with van der Waals surface area (Å²) in [4.78, 5) is 14.1. The molecule has 0 aliphatic heterocycles. The predicted molar refractivity (Wildman–Crippen MR) is 69.5 cm³/mol. The summed E-state index contributed by atoms with van der Waals surface area (Å²) in [7, 11) is 1.93. The van der Waals surface area contributed by atoms with E-state index in [0.717, 1.165) is 24.7 Å². The van der Waals surface area contributed by atoms with Crippen LogP contribution < -0.4 is 5.73 Å². The van der Waals surface area contributed by atoms with E-state index in [2.05, 4.69) is 6.92 Å². The molecule has 2 bridgehead atoms. The molecule has 17 heavy (non-hydrogen) atoms. The van der Waals surface area contributed by atoms with Crippen molar-refractivity contribution in [2.45, 2.75) is 51.5 Å². The standard InChI is InChI=1S/C14H26N2O/c1-10(5-6-15)16(2)14(17)9-13-8-11-3-4-12(13)7-11/h10-13H,3-9,15H2,1-2H3. The molecule has 98 valence electrons. The number of amides is 1. The maximum absolute atomic E-state index is 12.2. The van der Waals surface area contributed by atoms with Crippen molar-refractivity contribution < 1.29 is 4.79 Å². The zero-order valence-corrected chi connectivity index (χ0v) is 11.2. The van der Waals surface area contributed by atoms with Gasteiger partial charge in [0.1, 0.15) is 0 Å². The molecule has 2 fully saturated rings. The van der Waals surface area contributed by atoms with Gasteiger partial charge in [0.25, 0.3) is 0 Å². The van der Waals surface area contributed by atoms with E-state index in [1.165, 1.54) is 25.7 Å². The predicted octanol–water partition coefficient (Wildman–Crippen LogP) is 2.01. The summed E-state index contributed by atoms with van der Waals surface area (Å²) in [5, 5.41) is 0. The average molecular weight is 238 g/mol. The molecule has 2 aliphatic carbocycles. The van der Waals surface area contributed by atoms with Crippen LogP contribution in [0.15, 0.2) is 0 Å². The molecular weight excluding hydrogens is 212 g/mol. The van der Waals surface area contributed by atoms with E-state index in [-0.39, 0.29) is 6.04 Å². The van der Waals surface area contributed by atoms with Crippen molar-refractivity contribution in [3.63, 3.8) is 0 Å². The fourth-order valence-electron chi connectivity index (χ4n) is 3.68. The normalized spacial score (nSPS) is 32.8. The highest BCUT2D eigenvalue weighted by Crippen LogP contribution is 2.49. The zero-order valence-electron chi connectivity index (χ0n) is 11.2. The highest BCUT2D eigenvalue weighted by Gasteiger charge is 2.40. The lowest BCUT2D eigenvalue weighted by molar-refractivity contribution is -0.133. The molecule has 0 aromatic carbocycles. The summed E-state index contributed by atoms with van der Waals surface area (Å²) in [6.45, 7) is 2.75. The van der Waals surface area contributed by atoms with Crippen molar-refractivity contribution in [1.82, 2.24) is 4.90 Å². The monoisotopic (exact) mass is 238 g/mol. The highest BCUT2D eigenvalue weighted by atomic mass is 16.2. The molecule has 3 nitrogen and oxygen atoms in total. The molecule has 0 heterocycles. The topological polar surface area (TPSA) is 46.3 Å². The largest absolute Gasteiger partial charge is 0.343 e. The Kier molecular flexibility index (Phi) is 4.08. The Morgan fingerprint density at radius 1 is 1.41 bits per heavy atom. The number of hydrogen-bond acceptors (Lipinski definition) is 2.